The molecule has 1 saturated heterocycles. The SMILES string of the molecule is O=C1CC(=O)/C(=C/c2ccnc(CC3CCC(NCc4nc(-c5ccsc5)ccc4F)CC3)n2)S1. The van der Waals surface area contributed by atoms with E-state index >= 15 is 0 Å². The van der Waals surface area contributed by atoms with Gasteiger partial charge < -0.3 is 5.32 Å². The molecule has 5 rings (SSSR count). The Morgan fingerprint density at radius 2 is 1.94 bits per heavy atom. The average Bonchev–Trinajstić information content (AvgIpc) is 3.49. The molecule has 0 radical (unpaired) electrons. The summed E-state index contributed by atoms with van der Waals surface area (Å²) in [6, 6.07) is 7.31. The summed E-state index contributed by atoms with van der Waals surface area (Å²) in [5, 5.41) is 7.39. The molecule has 1 aliphatic heterocycles. The van der Waals surface area contributed by atoms with Crippen LogP contribution in [0.1, 0.15) is 49.3 Å². The van der Waals surface area contributed by atoms with Crippen molar-refractivity contribution in [2.45, 2.75) is 51.1 Å². The first kappa shape index (κ1) is 24.0. The summed E-state index contributed by atoms with van der Waals surface area (Å²) in [7, 11) is 0. The van der Waals surface area contributed by atoms with Crippen LogP contribution in [0.25, 0.3) is 17.3 Å². The number of allylic oxidation sites excluding steroid dienone is 1. The number of hydrogen-bond donors (Lipinski definition) is 1. The fourth-order valence-corrected chi connectivity index (χ4v) is 5.98. The number of carbonyl (C=O) groups excluding carboxylic acids is 2. The van der Waals surface area contributed by atoms with Gasteiger partial charge in [0.2, 0.25) is 5.12 Å². The van der Waals surface area contributed by atoms with E-state index in [9.17, 15) is 14.0 Å². The van der Waals surface area contributed by atoms with Gasteiger partial charge >= 0.3 is 0 Å². The van der Waals surface area contributed by atoms with Crippen molar-refractivity contribution in [3.05, 3.63) is 69.2 Å². The van der Waals surface area contributed by atoms with Crippen LogP contribution < -0.4 is 5.32 Å². The van der Waals surface area contributed by atoms with Gasteiger partial charge in [0.15, 0.2) is 5.78 Å². The molecule has 1 aliphatic carbocycles. The van der Waals surface area contributed by atoms with Gasteiger partial charge in [-0.2, -0.15) is 11.3 Å². The van der Waals surface area contributed by atoms with E-state index < -0.39 is 0 Å². The molecule has 180 valence electrons. The Bertz CT molecular complexity index is 1250. The zero-order valence-electron chi connectivity index (χ0n) is 19.1. The second-order valence-electron chi connectivity index (χ2n) is 8.92. The maximum Gasteiger partial charge on any atom is 0.201 e. The Hall–Kier alpha value is -2.75. The van der Waals surface area contributed by atoms with Crippen LogP contribution in [0.5, 0.6) is 0 Å². The molecule has 1 N–H and O–H groups in total. The summed E-state index contributed by atoms with van der Waals surface area (Å²) in [5.41, 5.74) is 2.93. The first-order valence-corrected chi connectivity index (χ1v) is 13.5. The van der Waals surface area contributed by atoms with Crippen molar-refractivity contribution in [1.29, 1.82) is 0 Å². The smallest absolute Gasteiger partial charge is 0.201 e. The lowest BCUT2D eigenvalue weighted by Crippen LogP contribution is -2.33. The summed E-state index contributed by atoms with van der Waals surface area (Å²) in [6.07, 6.45) is 8.24. The van der Waals surface area contributed by atoms with E-state index in [0.717, 1.165) is 60.9 Å². The third-order valence-corrected chi connectivity index (χ3v) is 8.04. The van der Waals surface area contributed by atoms with Gasteiger partial charge in [0.1, 0.15) is 11.6 Å². The molecule has 3 aromatic heterocycles. The molecule has 4 heterocycles. The lowest BCUT2D eigenvalue weighted by atomic mass is 9.84. The molecule has 0 atom stereocenters. The molecule has 9 heteroatoms. The van der Waals surface area contributed by atoms with Crippen LogP contribution in [0, 0.1) is 11.7 Å². The first-order valence-electron chi connectivity index (χ1n) is 11.7. The molecule has 0 spiro atoms. The third kappa shape index (κ3) is 6.09. The molecule has 0 bridgehead atoms. The van der Waals surface area contributed by atoms with Crippen LogP contribution >= 0.6 is 23.1 Å². The highest BCUT2D eigenvalue weighted by Crippen LogP contribution is 2.31. The Morgan fingerprint density at radius 1 is 1.09 bits per heavy atom. The average molecular weight is 509 g/mol. The normalized spacial score (nSPS) is 21.7. The third-order valence-electron chi connectivity index (χ3n) is 6.42. The summed E-state index contributed by atoms with van der Waals surface area (Å²) >= 11 is 2.59. The molecule has 35 heavy (non-hydrogen) atoms. The Balaban J connectivity index is 1.13. The topological polar surface area (TPSA) is 84.8 Å². The van der Waals surface area contributed by atoms with Crippen LogP contribution in [-0.4, -0.2) is 31.9 Å². The monoisotopic (exact) mass is 508 g/mol. The number of thiophene rings is 1. The largest absolute Gasteiger partial charge is 0.308 e. The van der Waals surface area contributed by atoms with Crippen molar-refractivity contribution in [3.63, 3.8) is 0 Å². The highest BCUT2D eigenvalue weighted by Gasteiger charge is 2.26. The van der Waals surface area contributed by atoms with Crippen molar-refractivity contribution >= 4 is 40.1 Å². The lowest BCUT2D eigenvalue weighted by Gasteiger charge is -2.29. The number of nitrogens with zero attached hydrogens (tertiary/aromatic N) is 3. The molecule has 2 fully saturated rings. The second kappa shape index (κ2) is 10.9. The molecule has 2 aliphatic rings. The summed E-state index contributed by atoms with van der Waals surface area (Å²) < 4.78 is 14.3. The highest BCUT2D eigenvalue weighted by atomic mass is 32.2. The van der Waals surface area contributed by atoms with E-state index in [1.165, 1.54) is 6.07 Å². The van der Waals surface area contributed by atoms with Crippen molar-refractivity contribution in [2.75, 3.05) is 0 Å². The number of pyridine rings is 1. The fraction of sp³-hybridized carbons (Fsp3) is 0.346. The van der Waals surface area contributed by atoms with Gasteiger partial charge in [-0.15, -0.1) is 0 Å². The maximum absolute atomic E-state index is 14.3. The van der Waals surface area contributed by atoms with Crippen LogP contribution in [0.15, 0.2) is 46.1 Å². The first-order chi connectivity index (χ1) is 17.0. The van der Waals surface area contributed by atoms with Crippen LogP contribution in [0.4, 0.5) is 4.39 Å². The minimum Gasteiger partial charge on any atom is -0.308 e. The molecule has 6 nitrogen and oxygen atoms in total. The number of hydrogen-bond acceptors (Lipinski definition) is 8. The molecular formula is C26H25FN4O2S2. The summed E-state index contributed by atoms with van der Waals surface area (Å²) in [6.45, 7) is 0.415. The van der Waals surface area contributed by atoms with E-state index in [0.29, 0.717) is 34.8 Å². The Labute approximate surface area is 211 Å². The zero-order chi connectivity index (χ0) is 24.2. The second-order valence-corrected chi connectivity index (χ2v) is 10.8. The highest BCUT2D eigenvalue weighted by molar-refractivity contribution is 8.18. The standard InChI is InChI=1S/C26H25FN4O2S2/c27-20-5-6-21(17-8-10-34-15-17)31-22(20)14-29-18-3-1-16(2-4-18)11-25-28-9-7-19(30-25)12-24-23(32)13-26(33)35-24/h5-10,12,15-16,18,29H,1-4,11,13-14H2/b24-12-. The zero-order valence-corrected chi connectivity index (χ0v) is 20.7. The Morgan fingerprint density at radius 3 is 2.69 bits per heavy atom. The minimum atomic E-state index is -0.278. The fourth-order valence-electron chi connectivity index (χ4n) is 4.52. The number of ketones is 1. The number of nitrogens with one attached hydrogen (secondary N) is 1. The number of thioether (sulfide) groups is 1. The van der Waals surface area contributed by atoms with Crippen LogP contribution in [0.3, 0.4) is 0 Å². The maximum atomic E-state index is 14.3. The van der Waals surface area contributed by atoms with Crippen molar-refractivity contribution in [3.8, 4) is 11.3 Å². The van der Waals surface area contributed by atoms with Gasteiger partial charge in [0, 0.05) is 36.1 Å². The van der Waals surface area contributed by atoms with E-state index in [1.54, 1.807) is 35.7 Å². The molecule has 0 aromatic carbocycles. The number of halogens is 1. The minimum absolute atomic E-state index is 0.0333. The van der Waals surface area contributed by atoms with Gasteiger partial charge in [-0.3, -0.25) is 9.59 Å². The van der Waals surface area contributed by atoms with Crippen molar-refractivity contribution in [1.82, 2.24) is 20.3 Å². The van der Waals surface area contributed by atoms with E-state index in [2.05, 4.69) is 20.3 Å². The van der Waals surface area contributed by atoms with E-state index in [-0.39, 0.29) is 23.1 Å². The van der Waals surface area contributed by atoms with Gasteiger partial charge in [-0.25, -0.2) is 19.3 Å². The van der Waals surface area contributed by atoms with Gasteiger partial charge in [0.25, 0.3) is 0 Å². The Kier molecular flexibility index (Phi) is 7.46. The number of aromatic nitrogens is 3. The molecule has 3 aromatic rings. The van der Waals surface area contributed by atoms with Gasteiger partial charge in [-0.1, -0.05) is 0 Å². The number of rotatable bonds is 7. The predicted molar refractivity (Wildman–Crippen MR) is 136 cm³/mol. The molecule has 0 amide bonds. The molecular weight excluding hydrogens is 483 g/mol. The van der Waals surface area contributed by atoms with E-state index in [4.69, 9.17) is 0 Å². The van der Waals surface area contributed by atoms with Crippen molar-refractivity contribution in [2.24, 2.45) is 5.92 Å². The van der Waals surface area contributed by atoms with E-state index in [1.807, 2.05) is 16.8 Å². The summed E-state index contributed by atoms with van der Waals surface area (Å²) in [4.78, 5) is 37.3. The van der Waals surface area contributed by atoms with Gasteiger partial charge in [-0.05, 0) is 79.1 Å². The van der Waals surface area contributed by atoms with Gasteiger partial charge in [0.05, 0.1) is 28.4 Å². The van der Waals surface area contributed by atoms with Crippen molar-refractivity contribution < 1.29 is 14.0 Å². The van der Waals surface area contributed by atoms with Crippen LogP contribution in [-0.2, 0) is 22.6 Å². The summed E-state index contributed by atoms with van der Waals surface area (Å²) in [5.74, 6) is 0.823. The molecule has 0 unspecified atom stereocenters. The number of carbonyl (C=O) groups is 2. The quantitative estimate of drug-likeness (QED) is 0.347. The predicted octanol–water partition coefficient (Wildman–Crippen LogP) is 5.20. The number of Topliss-reactive ketones (excluding diaryl/α,β-unsaturated/α-hetero) is 1. The lowest BCUT2D eigenvalue weighted by molar-refractivity contribution is -0.119. The molecule has 1 saturated carbocycles. The van der Waals surface area contributed by atoms with Crippen LogP contribution in [0.2, 0.25) is 0 Å².